The van der Waals surface area contributed by atoms with Crippen LogP contribution in [0.5, 0.6) is 5.75 Å². The predicted molar refractivity (Wildman–Crippen MR) is 145 cm³/mol. The Kier molecular flexibility index (Phi) is 8.87. The van der Waals surface area contributed by atoms with E-state index in [9.17, 15) is 9.59 Å². The Hall–Kier alpha value is -2.91. The van der Waals surface area contributed by atoms with E-state index in [0.29, 0.717) is 48.6 Å². The smallest absolute Gasteiger partial charge is 0.338 e. The number of carbonyl (C=O) groups is 1. The molecule has 0 radical (unpaired) electrons. The average molecular weight is 561 g/mol. The molecule has 3 aromatic rings. The van der Waals surface area contributed by atoms with Gasteiger partial charge in [0, 0.05) is 12.7 Å². The molecule has 194 valence electrons. The first kappa shape index (κ1) is 27.1. The Morgan fingerprint density at radius 3 is 2.68 bits per heavy atom. The minimum absolute atomic E-state index is 0.0739. The Morgan fingerprint density at radius 1 is 1.14 bits per heavy atom. The maximum Gasteiger partial charge on any atom is 0.338 e. The summed E-state index contributed by atoms with van der Waals surface area (Å²) in [5.74, 6) is 0.0134. The second-order valence-electron chi connectivity index (χ2n) is 8.24. The Bertz CT molecular complexity index is 1530. The lowest BCUT2D eigenvalue weighted by atomic mass is 9.95. The largest absolute Gasteiger partial charge is 0.493 e. The second kappa shape index (κ2) is 12.1. The lowest BCUT2D eigenvalue weighted by Gasteiger charge is -2.26. The number of allylic oxidation sites excluding steroid dienone is 1. The number of thiazole rings is 1. The number of hydrogen-bond donors (Lipinski definition) is 0. The number of esters is 1. The van der Waals surface area contributed by atoms with Gasteiger partial charge in [0.2, 0.25) is 0 Å². The fraction of sp³-hybridized carbons (Fsp3) is 0.296. The number of methoxy groups -OCH3 is 1. The van der Waals surface area contributed by atoms with Crippen molar-refractivity contribution in [2.24, 2.45) is 4.99 Å². The molecule has 0 aliphatic carbocycles. The Labute approximate surface area is 228 Å². The average Bonchev–Trinajstić information content (AvgIpc) is 3.19. The number of hydrogen-bond acceptors (Lipinski definition) is 7. The normalized spacial score (nSPS) is 15.4. The molecule has 4 rings (SSSR count). The molecule has 0 saturated carbocycles. The van der Waals surface area contributed by atoms with Gasteiger partial charge in [-0.1, -0.05) is 71.8 Å². The van der Waals surface area contributed by atoms with Crippen molar-refractivity contribution in [1.82, 2.24) is 4.57 Å². The molecule has 2 heterocycles. The number of fused-ring (bicyclic) bond motifs is 1. The third kappa shape index (κ3) is 5.67. The molecule has 2 aromatic carbocycles. The third-order valence-electron chi connectivity index (χ3n) is 5.71. The van der Waals surface area contributed by atoms with Gasteiger partial charge < -0.3 is 14.2 Å². The zero-order valence-electron chi connectivity index (χ0n) is 20.6. The fourth-order valence-electron chi connectivity index (χ4n) is 4.00. The molecule has 0 spiro atoms. The number of benzene rings is 2. The third-order valence-corrected chi connectivity index (χ3v) is 7.52. The number of carbonyl (C=O) groups excluding carboxylic acids is 1. The van der Waals surface area contributed by atoms with Crippen LogP contribution in [0.15, 0.2) is 63.5 Å². The molecule has 0 saturated heterocycles. The zero-order chi connectivity index (χ0) is 26.5. The van der Waals surface area contributed by atoms with Crippen LogP contribution in [-0.4, -0.2) is 37.5 Å². The minimum Gasteiger partial charge on any atom is -0.493 e. The van der Waals surface area contributed by atoms with Crippen molar-refractivity contribution < 1.29 is 19.0 Å². The van der Waals surface area contributed by atoms with E-state index in [2.05, 4.69) is 4.99 Å². The van der Waals surface area contributed by atoms with E-state index >= 15 is 0 Å². The fourth-order valence-corrected chi connectivity index (χ4v) is 5.40. The van der Waals surface area contributed by atoms with Gasteiger partial charge in [0.05, 0.1) is 39.1 Å². The molecular weight excluding hydrogens is 535 g/mol. The number of rotatable bonds is 9. The number of halogens is 2. The van der Waals surface area contributed by atoms with Crippen LogP contribution in [-0.2, 0) is 14.3 Å². The van der Waals surface area contributed by atoms with Gasteiger partial charge in [0.15, 0.2) is 4.80 Å². The van der Waals surface area contributed by atoms with Gasteiger partial charge >= 0.3 is 5.97 Å². The molecule has 10 heteroatoms. The van der Waals surface area contributed by atoms with Crippen LogP contribution in [0.4, 0.5) is 0 Å². The van der Waals surface area contributed by atoms with Crippen molar-refractivity contribution in [2.45, 2.75) is 26.3 Å². The molecule has 1 aliphatic rings. The number of nitrogens with zero attached hydrogens (tertiary/aromatic N) is 2. The Morgan fingerprint density at radius 2 is 1.92 bits per heavy atom. The zero-order valence-corrected chi connectivity index (χ0v) is 23.0. The van der Waals surface area contributed by atoms with E-state index in [-0.39, 0.29) is 24.3 Å². The molecular formula is C27H26Cl2N2O5S. The van der Waals surface area contributed by atoms with Gasteiger partial charge in [-0.05, 0) is 37.1 Å². The summed E-state index contributed by atoms with van der Waals surface area (Å²) in [6.07, 6.45) is 2.49. The number of aromatic nitrogens is 1. The highest BCUT2D eigenvalue weighted by molar-refractivity contribution is 7.07. The molecule has 0 bridgehead atoms. The molecule has 1 aliphatic heterocycles. The molecule has 0 unspecified atom stereocenters. The van der Waals surface area contributed by atoms with Crippen molar-refractivity contribution >= 4 is 46.6 Å². The van der Waals surface area contributed by atoms with Crippen LogP contribution in [0.3, 0.4) is 0 Å². The second-order valence-corrected chi connectivity index (χ2v) is 10.0. The van der Waals surface area contributed by atoms with Gasteiger partial charge in [0.1, 0.15) is 18.4 Å². The maximum atomic E-state index is 13.8. The van der Waals surface area contributed by atoms with Crippen LogP contribution in [0.2, 0.25) is 10.0 Å². The highest BCUT2D eigenvalue weighted by Crippen LogP contribution is 2.36. The van der Waals surface area contributed by atoms with Gasteiger partial charge in [0.25, 0.3) is 5.56 Å². The molecule has 0 N–H and O–H groups in total. The van der Waals surface area contributed by atoms with E-state index in [1.165, 1.54) is 23.0 Å². The quantitative estimate of drug-likeness (QED) is 0.284. The summed E-state index contributed by atoms with van der Waals surface area (Å²) in [5, 5.41) is 0.739. The summed E-state index contributed by atoms with van der Waals surface area (Å²) in [4.78, 5) is 32.2. The van der Waals surface area contributed by atoms with E-state index in [4.69, 9.17) is 37.4 Å². The van der Waals surface area contributed by atoms with Gasteiger partial charge in [-0.25, -0.2) is 9.79 Å². The molecule has 37 heavy (non-hydrogen) atoms. The van der Waals surface area contributed by atoms with Crippen LogP contribution < -0.4 is 19.6 Å². The highest BCUT2D eigenvalue weighted by atomic mass is 35.5. The van der Waals surface area contributed by atoms with Gasteiger partial charge in [-0.3, -0.25) is 9.36 Å². The van der Waals surface area contributed by atoms with E-state index in [0.717, 1.165) is 6.42 Å². The number of ether oxygens (including phenoxy) is 3. The lowest BCUT2D eigenvalue weighted by Crippen LogP contribution is -2.40. The molecule has 0 fully saturated rings. The van der Waals surface area contributed by atoms with Crippen molar-refractivity contribution in [1.29, 1.82) is 0 Å². The van der Waals surface area contributed by atoms with E-state index < -0.39 is 12.0 Å². The summed E-state index contributed by atoms with van der Waals surface area (Å²) in [5.41, 5.74) is 1.69. The van der Waals surface area contributed by atoms with Crippen LogP contribution >= 0.6 is 34.5 Å². The van der Waals surface area contributed by atoms with Crippen molar-refractivity contribution in [3.05, 3.63) is 94.6 Å². The first-order chi connectivity index (χ1) is 17.9. The molecule has 0 amide bonds. The summed E-state index contributed by atoms with van der Waals surface area (Å²) >= 11 is 13.8. The standard InChI is InChI=1S/C27H26Cl2N2O5S/c1-4-12-35-20-11-6-5-9-18(20)24-22(26(33)36-14-13-34-3)16(2)30-27-31(24)25(32)21(37-27)15-17-8-7-10-19(28)23(17)29/h5-11,15,24H,4,12-14H2,1-3H3/b21-15+/t24-/m0/s1. The van der Waals surface area contributed by atoms with Crippen molar-refractivity contribution in [3.8, 4) is 5.75 Å². The van der Waals surface area contributed by atoms with Gasteiger partial charge in [-0.2, -0.15) is 0 Å². The molecule has 7 nitrogen and oxygen atoms in total. The van der Waals surface area contributed by atoms with Crippen molar-refractivity contribution in [3.63, 3.8) is 0 Å². The van der Waals surface area contributed by atoms with Crippen LogP contribution in [0.25, 0.3) is 6.08 Å². The number of para-hydroxylation sites is 1. The van der Waals surface area contributed by atoms with Crippen LogP contribution in [0.1, 0.15) is 37.4 Å². The topological polar surface area (TPSA) is 79.1 Å². The first-order valence-corrected chi connectivity index (χ1v) is 13.3. The van der Waals surface area contributed by atoms with Gasteiger partial charge in [-0.15, -0.1) is 0 Å². The van der Waals surface area contributed by atoms with Crippen LogP contribution in [0, 0.1) is 0 Å². The maximum absolute atomic E-state index is 13.8. The monoisotopic (exact) mass is 560 g/mol. The SMILES string of the molecule is CCCOc1ccccc1[C@H]1C(C(=O)OCCOC)=C(C)N=c2s/c(=C/c3cccc(Cl)c3Cl)c(=O)n21. The minimum atomic E-state index is -0.795. The summed E-state index contributed by atoms with van der Waals surface area (Å²) < 4.78 is 18.4. The van der Waals surface area contributed by atoms with Crippen molar-refractivity contribution in [2.75, 3.05) is 26.9 Å². The summed E-state index contributed by atoms with van der Waals surface area (Å²) in [6.45, 7) is 4.56. The molecule has 1 atom stereocenters. The van der Waals surface area contributed by atoms with E-state index in [1.54, 1.807) is 31.2 Å². The molecule has 1 aromatic heterocycles. The summed E-state index contributed by atoms with van der Waals surface area (Å²) in [6, 6.07) is 11.8. The highest BCUT2D eigenvalue weighted by Gasteiger charge is 2.35. The lowest BCUT2D eigenvalue weighted by molar-refractivity contribution is -0.140. The Balaban J connectivity index is 1.93. The summed E-state index contributed by atoms with van der Waals surface area (Å²) in [7, 11) is 1.53. The van der Waals surface area contributed by atoms with E-state index in [1.807, 2.05) is 31.2 Å². The first-order valence-electron chi connectivity index (χ1n) is 11.7. The predicted octanol–water partition coefficient (Wildman–Crippen LogP) is 4.52.